The highest BCUT2D eigenvalue weighted by molar-refractivity contribution is 6.34. The highest BCUT2D eigenvalue weighted by Crippen LogP contribution is 2.20. The molecule has 0 aliphatic carbocycles. The van der Waals surface area contributed by atoms with Crippen molar-refractivity contribution in [3.8, 4) is 0 Å². The van der Waals surface area contributed by atoms with Crippen LogP contribution in [0.2, 0.25) is 10.0 Å². The third kappa shape index (κ3) is 5.62. The molecule has 7 heteroatoms. The van der Waals surface area contributed by atoms with E-state index in [1.54, 1.807) is 30.5 Å². The molecule has 0 saturated carbocycles. The Morgan fingerprint density at radius 1 is 1.17 bits per heavy atom. The summed E-state index contributed by atoms with van der Waals surface area (Å²) >= 11 is 11.8. The Morgan fingerprint density at radius 2 is 1.87 bits per heavy atom. The Morgan fingerprint density at radius 3 is 2.43 bits per heavy atom. The lowest BCUT2D eigenvalue weighted by Crippen LogP contribution is -2.42. The van der Waals surface area contributed by atoms with Gasteiger partial charge in [-0.15, -0.1) is 0 Å². The molecule has 0 radical (unpaired) electrons. The van der Waals surface area contributed by atoms with Crippen LogP contribution in [0.15, 0.2) is 41.2 Å². The molecule has 1 heterocycles. The van der Waals surface area contributed by atoms with E-state index < -0.39 is 12.0 Å². The van der Waals surface area contributed by atoms with E-state index in [1.807, 2.05) is 0 Å². The van der Waals surface area contributed by atoms with Crippen LogP contribution in [-0.4, -0.2) is 23.0 Å². The molecule has 1 amide bonds. The lowest BCUT2D eigenvalue weighted by molar-refractivity contribution is -0.141. The SMILES string of the molecule is O=C(CCc1ccoc1)NC(Cc1cc(Cl)cc(Cl)c1)C(=O)O. The molecule has 0 spiro atoms. The van der Waals surface area contributed by atoms with Crippen LogP contribution in [-0.2, 0) is 22.4 Å². The molecule has 122 valence electrons. The molecule has 0 aliphatic rings. The molecule has 1 aromatic carbocycles. The average molecular weight is 356 g/mol. The van der Waals surface area contributed by atoms with E-state index in [0.29, 0.717) is 22.0 Å². The first-order valence-corrected chi connectivity index (χ1v) is 7.68. The fourth-order valence-corrected chi connectivity index (χ4v) is 2.70. The summed E-state index contributed by atoms with van der Waals surface area (Å²) in [7, 11) is 0. The fourth-order valence-electron chi connectivity index (χ4n) is 2.12. The maximum Gasteiger partial charge on any atom is 0.326 e. The average Bonchev–Trinajstić information content (AvgIpc) is 2.96. The van der Waals surface area contributed by atoms with Gasteiger partial charge in [0.2, 0.25) is 5.91 Å². The van der Waals surface area contributed by atoms with Gasteiger partial charge >= 0.3 is 5.97 Å². The number of carbonyl (C=O) groups is 2. The first-order valence-electron chi connectivity index (χ1n) is 6.92. The molecule has 0 bridgehead atoms. The van der Waals surface area contributed by atoms with E-state index in [9.17, 15) is 14.7 Å². The predicted octanol–water partition coefficient (Wildman–Crippen LogP) is 3.33. The van der Waals surface area contributed by atoms with Gasteiger partial charge in [0.25, 0.3) is 0 Å². The number of carbonyl (C=O) groups excluding carboxylic acids is 1. The summed E-state index contributed by atoms with van der Waals surface area (Å²) in [4.78, 5) is 23.3. The smallest absolute Gasteiger partial charge is 0.326 e. The van der Waals surface area contributed by atoms with Crippen LogP contribution in [0.5, 0.6) is 0 Å². The zero-order valence-corrected chi connectivity index (χ0v) is 13.6. The zero-order valence-electron chi connectivity index (χ0n) is 12.1. The molecular weight excluding hydrogens is 341 g/mol. The molecule has 2 aromatic rings. The highest BCUT2D eigenvalue weighted by atomic mass is 35.5. The summed E-state index contributed by atoms with van der Waals surface area (Å²) in [5.74, 6) is -1.45. The maximum absolute atomic E-state index is 11.9. The highest BCUT2D eigenvalue weighted by Gasteiger charge is 2.20. The van der Waals surface area contributed by atoms with Crippen LogP contribution < -0.4 is 5.32 Å². The number of furan rings is 1. The van der Waals surface area contributed by atoms with Crippen molar-refractivity contribution in [3.05, 3.63) is 58.0 Å². The van der Waals surface area contributed by atoms with Crippen LogP contribution in [0.4, 0.5) is 0 Å². The Hall–Kier alpha value is -1.98. The number of rotatable bonds is 7. The number of benzene rings is 1. The normalized spacial score (nSPS) is 11.9. The van der Waals surface area contributed by atoms with Gasteiger partial charge < -0.3 is 14.8 Å². The second-order valence-corrected chi connectivity index (χ2v) is 5.94. The van der Waals surface area contributed by atoms with E-state index >= 15 is 0 Å². The number of hydrogen-bond donors (Lipinski definition) is 2. The number of aryl methyl sites for hydroxylation is 1. The first-order chi connectivity index (χ1) is 10.9. The first kappa shape index (κ1) is 17.4. The quantitative estimate of drug-likeness (QED) is 0.798. The Balaban J connectivity index is 1.95. The molecule has 23 heavy (non-hydrogen) atoms. The van der Waals surface area contributed by atoms with Crippen molar-refractivity contribution in [2.24, 2.45) is 0 Å². The van der Waals surface area contributed by atoms with E-state index in [2.05, 4.69) is 5.32 Å². The number of nitrogens with one attached hydrogen (secondary N) is 1. The van der Waals surface area contributed by atoms with Gasteiger partial charge in [-0.3, -0.25) is 4.79 Å². The minimum Gasteiger partial charge on any atom is -0.480 e. The van der Waals surface area contributed by atoms with Gasteiger partial charge in [-0.25, -0.2) is 4.79 Å². The number of carboxylic acid groups (broad SMARTS) is 1. The molecular formula is C16H15Cl2NO4. The molecule has 2 rings (SSSR count). The number of carboxylic acids is 1. The van der Waals surface area contributed by atoms with Gasteiger partial charge in [0, 0.05) is 22.9 Å². The summed E-state index contributed by atoms with van der Waals surface area (Å²) < 4.78 is 4.92. The Kier molecular flexibility index (Phi) is 6.07. The van der Waals surface area contributed by atoms with Crippen molar-refractivity contribution in [2.75, 3.05) is 0 Å². The largest absolute Gasteiger partial charge is 0.480 e. The lowest BCUT2D eigenvalue weighted by Gasteiger charge is -2.15. The van der Waals surface area contributed by atoms with Gasteiger partial charge in [0.15, 0.2) is 0 Å². The number of aliphatic carboxylic acids is 1. The lowest BCUT2D eigenvalue weighted by atomic mass is 10.1. The predicted molar refractivity (Wildman–Crippen MR) is 86.8 cm³/mol. The van der Waals surface area contributed by atoms with Crippen molar-refractivity contribution in [1.29, 1.82) is 0 Å². The Labute approximate surface area is 143 Å². The number of amides is 1. The maximum atomic E-state index is 11.9. The van der Waals surface area contributed by atoms with Crippen LogP contribution in [0.25, 0.3) is 0 Å². The minimum atomic E-state index is -1.11. The van der Waals surface area contributed by atoms with Gasteiger partial charge in [-0.05, 0) is 41.8 Å². The minimum absolute atomic E-state index is 0.104. The number of halogens is 2. The third-order valence-electron chi connectivity index (χ3n) is 3.22. The van der Waals surface area contributed by atoms with E-state index in [-0.39, 0.29) is 18.7 Å². The molecule has 5 nitrogen and oxygen atoms in total. The summed E-state index contributed by atoms with van der Waals surface area (Å²) in [5.41, 5.74) is 1.53. The van der Waals surface area contributed by atoms with Crippen LogP contribution in [0, 0.1) is 0 Å². The third-order valence-corrected chi connectivity index (χ3v) is 3.65. The summed E-state index contributed by atoms with van der Waals surface area (Å²) in [6.45, 7) is 0. The van der Waals surface area contributed by atoms with Crippen LogP contribution in [0.1, 0.15) is 17.5 Å². The van der Waals surface area contributed by atoms with Crippen molar-refractivity contribution in [2.45, 2.75) is 25.3 Å². The van der Waals surface area contributed by atoms with Gasteiger partial charge in [0.05, 0.1) is 12.5 Å². The molecule has 1 aromatic heterocycles. The molecule has 0 saturated heterocycles. The van der Waals surface area contributed by atoms with Crippen molar-refractivity contribution >= 4 is 35.1 Å². The molecule has 0 aliphatic heterocycles. The standard InChI is InChI=1S/C16H15Cl2NO4/c17-12-5-11(6-13(18)8-12)7-14(16(21)22)19-15(20)2-1-10-3-4-23-9-10/h3-6,8-9,14H,1-2,7H2,(H,19,20)(H,21,22). The van der Waals surface area contributed by atoms with Gasteiger partial charge in [-0.2, -0.15) is 0 Å². The second kappa shape index (κ2) is 8.04. The van der Waals surface area contributed by atoms with E-state index in [4.69, 9.17) is 27.6 Å². The van der Waals surface area contributed by atoms with Gasteiger partial charge in [-0.1, -0.05) is 23.2 Å². The summed E-state index contributed by atoms with van der Waals surface area (Å²) in [6.07, 6.45) is 3.84. The molecule has 1 unspecified atom stereocenters. The topological polar surface area (TPSA) is 79.5 Å². The van der Waals surface area contributed by atoms with Crippen molar-refractivity contribution in [3.63, 3.8) is 0 Å². The molecule has 2 N–H and O–H groups in total. The van der Waals surface area contributed by atoms with Crippen molar-refractivity contribution in [1.82, 2.24) is 5.32 Å². The van der Waals surface area contributed by atoms with Gasteiger partial charge in [0.1, 0.15) is 6.04 Å². The Bertz CT molecular complexity index is 665. The van der Waals surface area contributed by atoms with Crippen LogP contribution in [0.3, 0.4) is 0 Å². The van der Waals surface area contributed by atoms with E-state index in [1.165, 1.54) is 6.26 Å². The molecule has 1 atom stereocenters. The molecule has 0 fully saturated rings. The van der Waals surface area contributed by atoms with E-state index in [0.717, 1.165) is 5.56 Å². The van der Waals surface area contributed by atoms with Crippen molar-refractivity contribution < 1.29 is 19.1 Å². The van der Waals surface area contributed by atoms with Crippen LogP contribution >= 0.6 is 23.2 Å². The summed E-state index contributed by atoms with van der Waals surface area (Å²) in [6, 6.07) is 5.53. The second-order valence-electron chi connectivity index (χ2n) is 5.07. The fraction of sp³-hybridized carbons (Fsp3) is 0.250. The monoisotopic (exact) mass is 355 g/mol. The zero-order chi connectivity index (χ0) is 16.8. The summed E-state index contributed by atoms with van der Waals surface area (Å²) in [5, 5.41) is 12.6. The number of hydrogen-bond acceptors (Lipinski definition) is 3.